The molecule has 1 saturated heterocycles. The van der Waals surface area contributed by atoms with Crippen molar-refractivity contribution in [1.82, 2.24) is 0 Å². The molecule has 2 heterocycles. The van der Waals surface area contributed by atoms with Crippen molar-refractivity contribution < 1.29 is 28.8 Å². The van der Waals surface area contributed by atoms with Crippen LogP contribution in [0.2, 0.25) is 0 Å². The maximum absolute atomic E-state index is 12.5. The number of aliphatic hydroxyl groups excluding tert-OH is 1. The summed E-state index contributed by atoms with van der Waals surface area (Å²) >= 11 is 0. The number of ether oxygens (including phenoxy) is 4. The van der Waals surface area contributed by atoms with Gasteiger partial charge in [0.15, 0.2) is 11.5 Å². The average molecular weight is 354 g/mol. The van der Waals surface area contributed by atoms with E-state index in [1.165, 1.54) is 0 Å². The van der Waals surface area contributed by atoms with Crippen LogP contribution in [0.15, 0.2) is 36.4 Å². The topological polar surface area (TPSA) is 74.2 Å². The molecule has 0 amide bonds. The molecule has 1 N–H and O–H groups in total. The Morgan fingerprint density at radius 2 is 1.85 bits per heavy atom. The van der Waals surface area contributed by atoms with Gasteiger partial charge in [0.2, 0.25) is 6.79 Å². The lowest BCUT2D eigenvalue weighted by Gasteiger charge is -2.36. The summed E-state index contributed by atoms with van der Waals surface area (Å²) < 4.78 is 21.7. The third kappa shape index (κ3) is 2.12. The van der Waals surface area contributed by atoms with Crippen molar-refractivity contribution in [3.05, 3.63) is 53.1 Å². The van der Waals surface area contributed by atoms with Crippen LogP contribution >= 0.6 is 0 Å². The van der Waals surface area contributed by atoms with E-state index in [0.717, 1.165) is 22.4 Å². The van der Waals surface area contributed by atoms with E-state index in [4.69, 9.17) is 18.9 Å². The molecule has 1 fully saturated rings. The molecule has 3 aliphatic rings. The van der Waals surface area contributed by atoms with Gasteiger partial charge in [-0.25, -0.2) is 0 Å². The highest BCUT2D eigenvalue weighted by molar-refractivity contribution is 5.78. The van der Waals surface area contributed by atoms with Gasteiger partial charge in [-0.3, -0.25) is 4.79 Å². The van der Waals surface area contributed by atoms with Gasteiger partial charge in [-0.05, 0) is 41.0 Å². The average Bonchev–Trinajstić information content (AvgIpc) is 3.28. The Labute approximate surface area is 150 Å². The molecule has 0 radical (unpaired) electrons. The lowest BCUT2D eigenvalue weighted by atomic mass is 9.66. The van der Waals surface area contributed by atoms with Gasteiger partial charge in [-0.15, -0.1) is 0 Å². The number of cyclic esters (lactones) is 1. The third-order valence-electron chi connectivity index (χ3n) is 5.60. The molecule has 0 bridgehead atoms. The molecule has 4 atom stereocenters. The Hall–Kier alpha value is -2.73. The minimum absolute atomic E-state index is 0.160. The summed E-state index contributed by atoms with van der Waals surface area (Å²) in [4.78, 5) is 12.5. The summed E-state index contributed by atoms with van der Waals surface area (Å²) in [5.74, 6) is 0.739. The lowest BCUT2D eigenvalue weighted by Crippen LogP contribution is -2.34. The predicted molar refractivity (Wildman–Crippen MR) is 90.3 cm³/mol. The van der Waals surface area contributed by atoms with Gasteiger partial charge >= 0.3 is 5.97 Å². The van der Waals surface area contributed by atoms with Crippen LogP contribution < -0.4 is 14.2 Å². The fraction of sp³-hybridized carbons (Fsp3) is 0.350. The Morgan fingerprint density at radius 3 is 2.62 bits per heavy atom. The monoisotopic (exact) mass is 354 g/mol. The summed E-state index contributed by atoms with van der Waals surface area (Å²) in [5, 5.41) is 10.9. The van der Waals surface area contributed by atoms with E-state index >= 15 is 0 Å². The molecule has 1 aliphatic carbocycles. The maximum Gasteiger partial charge on any atom is 0.310 e. The zero-order valence-corrected chi connectivity index (χ0v) is 14.2. The summed E-state index contributed by atoms with van der Waals surface area (Å²) in [5.41, 5.74) is 2.59. The minimum Gasteiger partial charge on any atom is -0.497 e. The van der Waals surface area contributed by atoms with Crippen molar-refractivity contribution >= 4 is 5.97 Å². The van der Waals surface area contributed by atoms with Gasteiger partial charge in [0.05, 0.1) is 25.7 Å². The molecule has 0 saturated carbocycles. The van der Waals surface area contributed by atoms with Crippen LogP contribution in [0.1, 0.15) is 28.7 Å². The molecule has 6 heteroatoms. The van der Waals surface area contributed by atoms with E-state index in [9.17, 15) is 9.90 Å². The molecule has 0 spiro atoms. The number of rotatable bonds is 2. The van der Waals surface area contributed by atoms with E-state index in [2.05, 4.69) is 0 Å². The second-order valence-electron chi connectivity index (χ2n) is 6.85. The van der Waals surface area contributed by atoms with Gasteiger partial charge < -0.3 is 24.1 Å². The van der Waals surface area contributed by atoms with Crippen LogP contribution in [0.3, 0.4) is 0 Å². The largest absolute Gasteiger partial charge is 0.497 e. The van der Waals surface area contributed by atoms with Gasteiger partial charge in [0.1, 0.15) is 5.75 Å². The van der Waals surface area contributed by atoms with Crippen LogP contribution in [0, 0.1) is 11.8 Å². The van der Waals surface area contributed by atoms with E-state index in [1.807, 2.05) is 36.4 Å². The molecule has 2 aliphatic heterocycles. The first kappa shape index (κ1) is 15.5. The highest BCUT2D eigenvalue weighted by Crippen LogP contribution is 2.54. The van der Waals surface area contributed by atoms with E-state index in [0.29, 0.717) is 11.5 Å². The molecule has 2 aromatic rings. The van der Waals surface area contributed by atoms with Crippen LogP contribution in [-0.4, -0.2) is 31.6 Å². The number of hydrogen-bond acceptors (Lipinski definition) is 6. The molecule has 0 aromatic heterocycles. The molecule has 134 valence electrons. The molecule has 6 nitrogen and oxygen atoms in total. The number of fused-ring (bicyclic) bond motifs is 3. The SMILES string of the molecule is COc1cccc([C@@H]2c3cc4c(cc3[C@H](O)C3COC(=O)[C@H]32)OCO4)c1. The van der Waals surface area contributed by atoms with E-state index in [1.54, 1.807) is 7.11 Å². The molecule has 5 rings (SSSR count). The Bertz CT molecular complexity index is 892. The van der Waals surface area contributed by atoms with Crippen LogP contribution in [0.5, 0.6) is 17.2 Å². The number of esters is 1. The van der Waals surface area contributed by atoms with Crippen molar-refractivity contribution in [2.24, 2.45) is 11.8 Å². The standard InChI is InChI=1S/C20H18O6/c1-23-11-4-2-3-10(5-11)17-12-6-15-16(26-9-25-15)7-13(12)19(21)14-8-24-20(22)18(14)17/h2-7,14,17-19,21H,8-9H2,1H3/t14?,17-,18-,19+/m1/s1. The lowest BCUT2D eigenvalue weighted by molar-refractivity contribution is -0.141. The normalized spacial score (nSPS) is 28.3. The number of methoxy groups -OCH3 is 1. The molecule has 26 heavy (non-hydrogen) atoms. The maximum atomic E-state index is 12.5. The Morgan fingerprint density at radius 1 is 1.08 bits per heavy atom. The number of carbonyl (C=O) groups is 1. The third-order valence-corrected chi connectivity index (χ3v) is 5.60. The van der Waals surface area contributed by atoms with E-state index < -0.39 is 12.0 Å². The quantitative estimate of drug-likeness (QED) is 0.835. The van der Waals surface area contributed by atoms with Crippen molar-refractivity contribution in [3.8, 4) is 17.2 Å². The van der Waals surface area contributed by atoms with Crippen molar-refractivity contribution in [1.29, 1.82) is 0 Å². The number of hydrogen-bond donors (Lipinski definition) is 1. The zero-order chi connectivity index (χ0) is 17.8. The first-order valence-corrected chi connectivity index (χ1v) is 8.59. The fourth-order valence-corrected chi connectivity index (χ4v) is 4.37. The fourth-order valence-electron chi connectivity index (χ4n) is 4.37. The van der Waals surface area contributed by atoms with Gasteiger partial charge in [0.25, 0.3) is 0 Å². The second-order valence-corrected chi connectivity index (χ2v) is 6.85. The molecular weight excluding hydrogens is 336 g/mol. The predicted octanol–water partition coefficient (Wildman–Crippen LogP) is 2.39. The van der Waals surface area contributed by atoms with Crippen LogP contribution in [-0.2, 0) is 9.53 Å². The first-order chi connectivity index (χ1) is 12.7. The molecule has 1 unspecified atom stereocenters. The summed E-state index contributed by atoms with van der Waals surface area (Å²) in [6.45, 7) is 0.381. The van der Waals surface area contributed by atoms with Gasteiger partial charge in [-0.1, -0.05) is 12.1 Å². The minimum atomic E-state index is -0.780. The molecule has 2 aromatic carbocycles. The highest BCUT2D eigenvalue weighted by atomic mass is 16.7. The Balaban J connectivity index is 1.73. The van der Waals surface area contributed by atoms with Crippen LogP contribution in [0.4, 0.5) is 0 Å². The van der Waals surface area contributed by atoms with E-state index in [-0.39, 0.29) is 31.2 Å². The van der Waals surface area contributed by atoms with Crippen LogP contribution in [0.25, 0.3) is 0 Å². The zero-order valence-electron chi connectivity index (χ0n) is 14.2. The van der Waals surface area contributed by atoms with Crippen molar-refractivity contribution in [3.63, 3.8) is 0 Å². The highest BCUT2D eigenvalue weighted by Gasteiger charge is 2.52. The van der Waals surface area contributed by atoms with Gasteiger partial charge in [0, 0.05) is 11.8 Å². The summed E-state index contributed by atoms with van der Waals surface area (Å²) in [6.07, 6.45) is -0.780. The number of benzene rings is 2. The summed E-state index contributed by atoms with van der Waals surface area (Å²) in [7, 11) is 1.61. The smallest absolute Gasteiger partial charge is 0.310 e. The van der Waals surface area contributed by atoms with Gasteiger partial charge in [-0.2, -0.15) is 0 Å². The Kier molecular flexibility index (Phi) is 3.37. The first-order valence-electron chi connectivity index (χ1n) is 8.59. The van der Waals surface area contributed by atoms with Crippen molar-refractivity contribution in [2.45, 2.75) is 12.0 Å². The molecular formula is C20H18O6. The number of carbonyl (C=O) groups excluding carboxylic acids is 1. The summed E-state index contributed by atoms with van der Waals surface area (Å²) in [6, 6.07) is 11.4. The van der Waals surface area contributed by atoms with Crippen molar-refractivity contribution in [2.75, 3.05) is 20.5 Å². The number of aliphatic hydroxyl groups is 1. The second kappa shape index (κ2) is 5.64.